The Morgan fingerprint density at radius 3 is 3.00 bits per heavy atom. The summed E-state index contributed by atoms with van der Waals surface area (Å²) in [6.07, 6.45) is 4.04. The normalized spacial score (nSPS) is 14.4. The van der Waals surface area contributed by atoms with Gasteiger partial charge in [0.1, 0.15) is 5.75 Å². The van der Waals surface area contributed by atoms with Gasteiger partial charge in [0.15, 0.2) is 12.4 Å². The lowest BCUT2D eigenvalue weighted by Crippen LogP contribution is -2.12. The molecular formula is C14H18N4O2. The molecule has 1 aliphatic carbocycles. The first kappa shape index (κ1) is 13.1. The van der Waals surface area contributed by atoms with Gasteiger partial charge in [-0.1, -0.05) is 12.1 Å². The Labute approximate surface area is 117 Å². The Morgan fingerprint density at radius 2 is 2.30 bits per heavy atom. The summed E-state index contributed by atoms with van der Waals surface area (Å²) in [5.74, 6) is 2.53. The van der Waals surface area contributed by atoms with Crippen molar-refractivity contribution in [2.24, 2.45) is 0 Å². The second kappa shape index (κ2) is 6.00. The van der Waals surface area contributed by atoms with Crippen LogP contribution >= 0.6 is 0 Å². The summed E-state index contributed by atoms with van der Waals surface area (Å²) in [4.78, 5) is 8.63. The summed E-state index contributed by atoms with van der Waals surface area (Å²) >= 11 is 0. The van der Waals surface area contributed by atoms with Gasteiger partial charge >= 0.3 is 0 Å². The molecular weight excluding hydrogens is 256 g/mol. The molecule has 1 fully saturated rings. The molecule has 0 radical (unpaired) electrons. The molecule has 0 spiro atoms. The van der Waals surface area contributed by atoms with E-state index in [0.717, 1.165) is 37.4 Å². The quantitative estimate of drug-likeness (QED) is 0.832. The molecule has 0 atom stereocenters. The minimum absolute atomic E-state index is 0.286. The Balaban J connectivity index is 1.51. The molecule has 1 aliphatic rings. The standard InChI is InChI=1S/C14H18N4O2/c1-2-15-7-11-5-6-12(8-16-11)19-9-13-17-14(18-20-13)10-3-4-10/h5-6,8,10,15H,2-4,7,9H2,1H3. The SMILES string of the molecule is CCNCc1ccc(OCc2nc(C3CC3)no2)cn1. The number of pyridine rings is 1. The van der Waals surface area contributed by atoms with Gasteiger partial charge in [0.25, 0.3) is 5.89 Å². The first-order chi connectivity index (χ1) is 9.85. The van der Waals surface area contributed by atoms with Gasteiger partial charge in [-0.25, -0.2) is 0 Å². The summed E-state index contributed by atoms with van der Waals surface area (Å²) < 4.78 is 10.7. The Morgan fingerprint density at radius 1 is 1.40 bits per heavy atom. The molecule has 3 rings (SSSR count). The zero-order valence-corrected chi connectivity index (χ0v) is 11.5. The Hall–Kier alpha value is -1.95. The molecule has 0 bridgehead atoms. The first-order valence-corrected chi connectivity index (χ1v) is 6.96. The van der Waals surface area contributed by atoms with Gasteiger partial charge < -0.3 is 14.6 Å². The average molecular weight is 274 g/mol. The fraction of sp³-hybridized carbons (Fsp3) is 0.500. The molecule has 6 heteroatoms. The summed E-state index contributed by atoms with van der Waals surface area (Å²) in [6.45, 7) is 4.05. The minimum atomic E-state index is 0.286. The van der Waals surface area contributed by atoms with Crippen LogP contribution in [0, 0.1) is 0 Å². The van der Waals surface area contributed by atoms with Crippen molar-refractivity contribution >= 4 is 0 Å². The van der Waals surface area contributed by atoms with Crippen LogP contribution in [0.2, 0.25) is 0 Å². The zero-order valence-electron chi connectivity index (χ0n) is 11.5. The highest BCUT2D eigenvalue weighted by Gasteiger charge is 2.28. The van der Waals surface area contributed by atoms with Crippen LogP contribution in [0.3, 0.4) is 0 Å². The minimum Gasteiger partial charge on any atom is -0.482 e. The second-order valence-corrected chi connectivity index (χ2v) is 4.87. The molecule has 1 saturated carbocycles. The largest absolute Gasteiger partial charge is 0.482 e. The summed E-state index contributed by atoms with van der Waals surface area (Å²) in [5.41, 5.74) is 0.994. The molecule has 106 valence electrons. The maximum atomic E-state index is 5.59. The van der Waals surface area contributed by atoms with Gasteiger partial charge in [-0.15, -0.1) is 0 Å². The van der Waals surface area contributed by atoms with E-state index >= 15 is 0 Å². The highest BCUT2D eigenvalue weighted by atomic mass is 16.5. The summed E-state index contributed by atoms with van der Waals surface area (Å²) in [5, 5.41) is 7.17. The van der Waals surface area contributed by atoms with Gasteiger partial charge in [0.2, 0.25) is 0 Å². The lowest BCUT2D eigenvalue weighted by atomic mass is 10.3. The van der Waals surface area contributed by atoms with Crippen LogP contribution in [0.25, 0.3) is 0 Å². The van der Waals surface area contributed by atoms with Crippen LogP contribution in [0.15, 0.2) is 22.9 Å². The van der Waals surface area contributed by atoms with Crippen LogP contribution < -0.4 is 10.1 Å². The monoisotopic (exact) mass is 274 g/mol. The molecule has 20 heavy (non-hydrogen) atoms. The molecule has 1 N–H and O–H groups in total. The maximum Gasteiger partial charge on any atom is 0.264 e. The fourth-order valence-corrected chi connectivity index (χ4v) is 1.83. The van der Waals surface area contributed by atoms with Crippen molar-refractivity contribution in [3.63, 3.8) is 0 Å². The van der Waals surface area contributed by atoms with Gasteiger partial charge in [-0.3, -0.25) is 4.98 Å². The van der Waals surface area contributed by atoms with E-state index in [2.05, 4.69) is 27.4 Å². The highest BCUT2D eigenvalue weighted by Crippen LogP contribution is 2.38. The molecule has 2 aromatic rings. The molecule has 2 heterocycles. The smallest absolute Gasteiger partial charge is 0.264 e. The van der Waals surface area contributed by atoms with Crippen molar-refractivity contribution in [2.75, 3.05) is 6.54 Å². The van der Waals surface area contributed by atoms with E-state index < -0.39 is 0 Å². The van der Waals surface area contributed by atoms with Crippen molar-refractivity contribution in [3.8, 4) is 5.75 Å². The van der Waals surface area contributed by atoms with E-state index in [4.69, 9.17) is 9.26 Å². The number of nitrogens with one attached hydrogen (secondary N) is 1. The van der Waals surface area contributed by atoms with Gasteiger partial charge in [-0.05, 0) is 31.5 Å². The molecule has 2 aromatic heterocycles. The van der Waals surface area contributed by atoms with E-state index in [0.29, 0.717) is 17.6 Å². The number of rotatable bonds is 7. The van der Waals surface area contributed by atoms with Crippen LogP contribution in [-0.4, -0.2) is 21.7 Å². The van der Waals surface area contributed by atoms with E-state index in [-0.39, 0.29) is 6.61 Å². The number of nitrogens with zero attached hydrogens (tertiary/aromatic N) is 3. The molecule has 0 amide bonds. The average Bonchev–Trinajstić information content (AvgIpc) is 3.23. The van der Waals surface area contributed by atoms with Crippen LogP contribution in [0.1, 0.15) is 43.1 Å². The van der Waals surface area contributed by atoms with E-state index in [1.807, 2.05) is 12.1 Å². The van der Waals surface area contributed by atoms with Gasteiger partial charge in [0.05, 0.1) is 11.9 Å². The third-order valence-corrected chi connectivity index (χ3v) is 3.14. The lowest BCUT2D eigenvalue weighted by Gasteiger charge is -2.04. The molecule has 0 saturated heterocycles. The van der Waals surface area contributed by atoms with E-state index in [1.54, 1.807) is 6.20 Å². The number of hydrogen-bond acceptors (Lipinski definition) is 6. The number of ether oxygens (including phenoxy) is 1. The van der Waals surface area contributed by atoms with Crippen molar-refractivity contribution in [1.82, 2.24) is 20.4 Å². The topological polar surface area (TPSA) is 73.1 Å². The highest BCUT2D eigenvalue weighted by molar-refractivity contribution is 5.19. The van der Waals surface area contributed by atoms with Crippen molar-refractivity contribution in [1.29, 1.82) is 0 Å². The molecule has 0 aromatic carbocycles. The van der Waals surface area contributed by atoms with Crippen molar-refractivity contribution in [2.45, 2.75) is 38.8 Å². The number of hydrogen-bond donors (Lipinski definition) is 1. The number of aromatic nitrogens is 3. The first-order valence-electron chi connectivity index (χ1n) is 6.96. The molecule has 0 aliphatic heterocycles. The van der Waals surface area contributed by atoms with Crippen molar-refractivity contribution in [3.05, 3.63) is 35.7 Å². The third kappa shape index (κ3) is 3.33. The van der Waals surface area contributed by atoms with Crippen LogP contribution in [-0.2, 0) is 13.2 Å². The predicted octanol–water partition coefficient (Wildman–Crippen LogP) is 2.03. The maximum absolute atomic E-state index is 5.59. The predicted molar refractivity (Wildman–Crippen MR) is 72.2 cm³/mol. The van der Waals surface area contributed by atoms with Gasteiger partial charge in [-0.2, -0.15) is 4.98 Å². The van der Waals surface area contributed by atoms with E-state index in [1.165, 1.54) is 0 Å². The molecule has 0 unspecified atom stereocenters. The van der Waals surface area contributed by atoms with Crippen LogP contribution in [0.4, 0.5) is 0 Å². The lowest BCUT2D eigenvalue weighted by molar-refractivity contribution is 0.241. The summed E-state index contributed by atoms with van der Waals surface area (Å²) in [7, 11) is 0. The second-order valence-electron chi connectivity index (χ2n) is 4.87. The van der Waals surface area contributed by atoms with Crippen LogP contribution in [0.5, 0.6) is 5.75 Å². The fourth-order valence-electron chi connectivity index (χ4n) is 1.83. The zero-order chi connectivity index (χ0) is 13.8. The van der Waals surface area contributed by atoms with E-state index in [9.17, 15) is 0 Å². The Bertz CT molecular complexity index is 549. The molecule has 6 nitrogen and oxygen atoms in total. The Kier molecular flexibility index (Phi) is 3.92. The third-order valence-electron chi connectivity index (χ3n) is 3.14. The van der Waals surface area contributed by atoms with Crippen molar-refractivity contribution < 1.29 is 9.26 Å². The summed E-state index contributed by atoms with van der Waals surface area (Å²) in [6, 6.07) is 3.85. The van der Waals surface area contributed by atoms with Gasteiger partial charge in [0, 0.05) is 12.5 Å².